The lowest BCUT2D eigenvalue weighted by Gasteiger charge is -2.21. The number of hydrogen-bond donors (Lipinski definition) is 1. The van der Waals surface area contributed by atoms with Gasteiger partial charge in [-0.3, -0.25) is 9.10 Å². The number of nitrogens with one attached hydrogen (secondary N) is 1. The summed E-state index contributed by atoms with van der Waals surface area (Å²) in [5.74, 6) is -0.402. The fourth-order valence-corrected chi connectivity index (χ4v) is 4.00. The zero-order chi connectivity index (χ0) is 20.7. The Kier molecular flexibility index (Phi) is 5.33. The van der Waals surface area contributed by atoms with Gasteiger partial charge in [-0.2, -0.15) is 21.6 Å². The highest BCUT2D eigenvalue weighted by molar-refractivity contribution is 7.93. The van der Waals surface area contributed by atoms with Gasteiger partial charge in [-0.15, -0.1) is 0 Å². The second-order valence-electron chi connectivity index (χ2n) is 6.37. The normalized spacial score (nSPS) is 16.5. The summed E-state index contributed by atoms with van der Waals surface area (Å²) in [6.45, 7) is 0. The molecule has 1 atom stereocenters. The highest BCUT2D eigenvalue weighted by Crippen LogP contribution is 2.33. The van der Waals surface area contributed by atoms with Crippen molar-refractivity contribution < 1.29 is 26.4 Å². The minimum atomic E-state index is -5.50. The molecule has 0 unspecified atom stereocenters. The molecular formula is C18H16ClF3N2O3S. The van der Waals surface area contributed by atoms with Gasteiger partial charge in [-0.25, -0.2) is 0 Å². The van der Waals surface area contributed by atoms with E-state index in [-0.39, 0.29) is 21.6 Å². The van der Waals surface area contributed by atoms with Crippen LogP contribution in [0.3, 0.4) is 0 Å². The number of rotatable bonds is 4. The maximum absolute atomic E-state index is 12.6. The fourth-order valence-electron chi connectivity index (χ4n) is 3.09. The van der Waals surface area contributed by atoms with Gasteiger partial charge in [-0.1, -0.05) is 17.7 Å². The summed E-state index contributed by atoms with van der Waals surface area (Å²) in [4.78, 5) is 12.5. The van der Waals surface area contributed by atoms with E-state index in [9.17, 15) is 26.4 Å². The van der Waals surface area contributed by atoms with Crippen LogP contribution in [0.4, 0.5) is 18.9 Å². The van der Waals surface area contributed by atoms with Gasteiger partial charge >= 0.3 is 15.5 Å². The first kappa shape index (κ1) is 20.5. The number of carbonyl (C=O) groups is 1. The van der Waals surface area contributed by atoms with E-state index in [0.29, 0.717) is 11.4 Å². The summed E-state index contributed by atoms with van der Waals surface area (Å²) in [5, 5.41) is 3.50. The highest BCUT2D eigenvalue weighted by Gasteiger charge is 2.49. The SMILES string of the molecule is CN(c1ccc(C(=O)N[C@H]2CCc3cc(Cl)ccc32)cc1)S(=O)(=O)C(F)(F)F. The Morgan fingerprint density at radius 2 is 1.82 bits per heavy atom. The maximum atomic E-state index is 12.6. The molecule has 0 heterocycles. The van der Waals surface area contributed by atoms with Gasteiger partial charge in [0.25, 0.3) is 5.91 Å². The number of alkyl halides is 3. The van der Waals surface area contributed by atoms with Crippen molar-refractivity contribution in [2.24, 2.45) is 0 Å². The lowest BCUT2D eigenvalue weighted by atomic mass is 10.1. The van der Waals surface area contributed by atoms with Gasteiger partial charge in [0, 0.05) is 17.6 Å². The van der Waals surface area contributed by atoms with Gasteiger partial charge in [0.15, 0.2) is 0 Å². The van der Waals surface area contributed by atoms with Crippen molar-refractivity contribution in [2.75, 3.05) is 11.4 Å². The Labute approximate surface area is 165 Å². The third-order valence-electron chi connectivity index (χ3n) is 4.63. The van der Waals surface area contributed by atoms with Crippen molar-refractivity contribution in [1.29, 1.82) is 0 Å². The van der Waals surface area contributed by atoms with Crippen LogP contribution in [-0.2, 0) is 16.4 Å². The number of sulfonamides is 1. The number of anilines is 1. The van der Waals surface area contributed by atoms with Crippen LogP contribution in [0, 0.1) is 0 Å². The second-order valence-corrected chi connectivity index (χ2v) is 8.77. The molecule has 0 aromatic heterocycles. The van der Waals surface area contributed by atoms with E-state index in [2.05, 4.69) is 5.32 Å². The molecule has 1 aliphatic rings. The molecule has 0 spiro atoms. The largest absolute Gasteiger partial charge is 0.516 e. The number of halogens is 4. The van der Waals surface area contributed by atoms with Crippen LogP contribution in [0.1, 0.15) is 33.9 Å². The van der Waals surface area contributed by atoms with Crippen LogP contribution in [0.25, 0.3) is 0 Å². The first-order valence-corrected chi connectivity index (χ1v) is 10.1. The summed E-state index contributed by atoms with van der Waals surface area (Å²) >= 11 is 5.97. The number of hydrogen-bond acceptors (Lipinski definition) is 3. The molecule has 2 aromatic rings. The Balaban J connectivity index is 1.73. The van der Waals surface area contributed by atoms with Gasteiger partial charge in [0.1, 0.15) is 0 Å². The van der Waals surface area contributed by atoms with Crippen molar-refractivity contribution in [3.05, 3.63) is 64.2 Å². The standard InChI is InChI=1S/C18H16ClF3N2O3S/c1-24(28(26,27)18(20,21)22)14-6-2-11(3-7-14)17(25)23-16-9-4-12-10-13(19)5-8-15(12)16/h2-3,5-8,10,16H,4,9H2,1H3,(H,23,25)/t16-/m0/s1. The summed E-state index contributed by atoms with van der Waals surface area (Å²) in [5.41, 5.74) is -3.35. The molecule has 28 heavy (non-hydrogen) atoms. The van der Waals surface area contributed by atoms with Crippen molar-refractivity contribution in [1.82, 2.24) is 5.32 Å². The number of nitrogens with zero attached hydrogens (tertiary/aromatic N) is 1. The van der Waals surface area contributed by atoms with E-state index < -0.39 is 21.4 Å². The van der Waals surface area contributed by atoms with E-state index in [1.165, 1.54) is 12.1 Å². The molecule has 1 N–H and O–H groups in total. The third-order valence-corrected chi connectivity index (χ3v) is 6.39. The quantitative estimate of drug-likeness (QED) is 0.792. The van der Waals surface area contributed by atoms with Crippen LogP contribution in [-0.4, -0.2) is 26.9 Å². The van der Waals surface area contributed by atoms with Crippen molar-refractivity contribution in [2.45, 2.75) is 24.4 Å². The smallest absolute Gasteiger partial charge is 0.345 e. The molecule has 0 saturated carbocycles. The van der Waals surface area contributed by atoms with Gasteiger partial charge < -0.3 is 5.32 Å². The first-order chi connectivity index (χ1) is 13.0. The fraction of sp³-hybridized carbons (Fsp3) is 0.278. The van der Waals surface area contributed by atoms with Gasteiger partial charge in [-0.05, 0) is 60.4 Å². The number of aryl methyl sites for hydroxylation is 1. The lowest BCUT2D eigenvalue weighted by molar-refractivity contribution is -0.0437. The molecule has 1 amide bonds. The molecule has 0 radical (unpaired) electrons. The predicted molar refractivity (Wildman–Crippen MR) is 99.8 cm³/mol. The van der Waals surface area contributed by atoms with Crippen molar-refractivity contribution >= 4 is 33.2 Å². The molecule has 2 aromatic carbocycles. The molecule has 1 aliphatic carbocycles. The minimum absolute atomic E-state index is 0.131. The molecular weight excluding hydrogens is 417 g/mol. The summed E-state index contributed by atoms with van der Waals surface area (Å²) in [6.07, 6.45) is 1.49. The van der Waals surface area contributed by atoms with Crippen molar-refractivity contribution in [3.63, 3.8) is 0 Å². The molecule has 150 valence electrons. The molecule has 3 rings (SSSR count). The van der Waals surface area contributed by atoms with Crippen LogP contribution in [0.5, 0.6) is 0 Å². The van der Waals surface area contributed by atoms with Gasteiger partial charge in [0.05, 0.1) is 11.7 Å². The second kappa shape index (κ2) is 7.29. The number of carbonyl (C=O) groups excluding carboxylic acids is 1. The Bertz CT molecular complexity index is 1010. The molecule has 5 nitrogen and oxygen atoms in total. The first-order valence-electron chi connectivity index (χ1n) is 8.25. The molecule has 0 saturated heterocycles. The highest BCUT2D eigenvalue weighted by atomic mass is 35.5. The molecule has 10 heteroatoms. The van der Waals surface area contributed by atoms with Crippen LogP contribution in [0.15, 0.2) is 42.5 Å². The Hall–Kier alpha value is -2.26. The number of amides is 1. The van der Waals surface area contributed by atoms with E-state index >= 15 is 0 Å². The van der Waals surface area contributed by atoms with E-state index in [0.717, 1.165) is 36.7 Å². The van der Waals surface area contributed by atoms with E-state index in [4.69, 9.17) is 11.6 Å². The monoisotopic (exact) mass is 432 g/mol. The molecule has 0 aliphatic heterocycles. The topological polar surface area (TPSA) is 66.5 Å². The Morgan fingerprint density at radius 3 is 2.43 bits per heavy atom. The van der Waals surface area contributed by atoms with Crippen LogP contribution >= 0.6 is 11.6 Å². The van der Waals surface area contributed by atoms with Crippen LogP contribution in [0.2, 0.25) is 5.02 Å². The predicted octanol–water partition coefficient (Wildman–Crippen LogP) is 4.04. The zero-order valence-corrected chi connectivity index (χ0v) is 16.2. The van der Waals surface area contributed by atoms with Crippen molar-refractivity contribution in [3.8, 4) is 0 Å². The average Bonchev–Trinajstić information content (AvgIpc) is 3.02. The minimum Gasteiger partial charge on any atom is -0.345 e. The number of fused-ring (bicyclic) bond motifs is 1. The van der Waals surface area contributed by atoms with Gasteiger partial charge in [0.2, 0.25) is 0 Å². The van der Waals surface area contributed by atoms with E-state index in [1.807, 2.05) is 12.1 Å². The zero-order valence-electron chi connectivity index (χ0n) is 14.6. The number of benzene rings is 2. The van der Waals surface area contributed by atoms with E-state index in [1.54, 1.807) is 6.07 Å². The summed E-state index contributed by atoms with van der Waals surface area (Å²) in [6, 6.07) is 10.1. The Morgan fingerprint density at radius 1 is 1.18 bits per heavy atom. The summed E-state index contributed by atoms with van der Waals surface area (Å²) < 4.78 is 61.0. The van der Waals surface area contributed by atoms with Crippen LogP contribution < -0.4 is 9.62 Å². The average molecular weight is 433 g/mol. The lowest BCUT2D eigenvalue weighted by Crippen LogP contribution is -2.38. The summed E-state index contributed by atoms with van der Waals surface area (Å²) in [7, 11) is -4.69. The maximum Gasteiger partial charge on any atom is 0.516 e. The molecule has 0 fully saturated rings. The molecule has 0 bridgehead atoms. The third kappa shape index (κ3) is 3.81.